The van der Waals surface area contributed by atoms with Gasteiger partial charge >= 0.3 is 0 Å². The van der Waals surface area contributed by atoms with E-state index in [-0.39, 0.29) is 11.8 Å². The van der Waals surface area contributed by atoms with Crippen LogP contribution in [0.15, 0.2) is 36.5 Å². The summed E-state index contributed by atoms with van der Waals surface area (Å²) in [6.07, 6.45) is 7.15. The third kappa shape index (κ3) is 3.33. The first-order valence-corrected chi connectivity index (χ1v) is 8.71. The number of hydrogen-bond donors (Lipinski definition) is 3. The van der Waals surface area contributed by atoms with Gasteiger partial charge in [0.25, 0.3) is 0 Å². The van der Waals surface area contributed by atoms with Crippen molar-refractivity contribution in [3.63, 3.8) is 0 Å². The molecule has 1 fully saturated rings. The van der Waals surface area contributed by atoms with E-state index in [1.165, 1.54) is 6.42 Å². The second kappa shape index (κ2) is 6.55. The molecule has 6 heteroatoms. The van der Waals surface area contributed by atoms with Crippen molar-refractivity contribution in [2.75, 3.05) is 11.1 Å². The number of carbonyl (C=O) groups excluding carboxylic acids is 1. The molecule has 4 rings (SSSR count). The first kappa shape index (κ1) is 15.6. The van der Waals surface area contributed by atoms with Gasteiger partial charge in [-0.3, -0.25) is 4.79 Å². The molecule has 0 radical (unpaired) electrons. The summed E-state index contributed by atoms with van der Waals surface area (Å²) >= 11 is 0. The number of rotatable bonds is 3. The van der Waals surface area contributed by atoms with Crippen molar-refractivity contribution < 1.29 is 4.79 Å². The number of imidazole rings is 1. The first-order valence-electron chi connectivity index (χ1n) is 8.71. The molecular weight excluding hydrogens is 314 g/mol. The Balaban J connectivity index is 1.55. The Hall–Kier alpha value is -2.89. The number of benzene rings is 1. The van der Waals surface area contributed by atoms with Crippen LogP contribution in [0.3, 0.4) is 0 Å². The quantitative estimate of drug-likeness (QED) is 0.635. The highest BCUT2D eigenvalue weighted by Crippen LogP contribution is 2.26. The zero-order valence-corrected chi connectivity index (χ0v) is 14.0. The van der Waals surface area contributed by atoms with Gasteiger partial charge < -0.3 is 16.0 Å². The number of anilines is 2. The van der Waals surface area contributed by atoms with Gasteiger partial charge in [0.15, 0.2) is 0 Å². The first-order chi connectivity index (χ1) is 12.2. The maximum Gasteiger partial charge on any atom is 0.228 e. The van der Waals surface area contributed by atoms with Crippen LogP contribution < -0.4 is 11.1 Å². The lowest BCUT2D eigenvalue weighted by molar-refractivity contribution is -0.120. The third-order valence-electron chi connectivity index (χ3n) is 4.78. The molecule has 1 amide bonds. The molecule has 2 heterocycles. The highest BCUT2D eigenvalue weighted by atomic mass is 16.1. The van der Waals surface area contributed by atoms with E-state index in [9.17, 15) is 4.79 Å². The lowest BCUT2D eigenvalue weighted by Crippen LogP contribution is -2.25. The predicted octanol–water partition coefficient (Wildman–Crippen LogP) is 3.73. The van der Waals surface area contributed by atoms with Crippen molar-refractivity contribution in [2.45, 2.75) is 32.1 Å². The molecule has 0 bridgehead atoms. The minimum atomic E-state index is 0.0702. The van der Waals surface area contributed by atoms with Crippen LogP contribution >= 0.6 is 0 Å². The molecule has 1 aromatic carbocycles. The maximum absolute atomic E-state index is 12.4. The highest BCUT2D eigenvalue weighted by molar-refractivity contribution is 5.93. The summed E-state index contributed by atoms with van der Waals surface area (Å²) in [5.41, 5.74) is 9.01. The second-order valence-corrected chi connectivity index (χ2v) is 6.62. The van der Waals surface area contributed by atoms with Crippen molar-refractivity contribution in [3.8, 4) is 11.4 Å². The normalized spacial score (nSPS) is 15.4. The van der Waals surface area contributed by atoms with E-state index in [1.54, 1.807) is 6.20 Å². The van der Waals surface area contributed by atoms with Gasteiger partial charge in [-0.2, -0.15) is 0 Å². The summed E-state index contributed by atoms with van der Waals surface area (Å²) in [4.78, 5) is 24.6. The Bertz CT molecular complexity index is 894. The molecule has 6 nitrogen and oxygen atoms in total. The Labute approximate surface area is 145 Å². The largest absolute Gasteiger partial charge is 0.399 e. The van der Waals surface area contributed by atoms with Gasteiger partial charge in [-0.1, -0.05) is 19.3 Å². The van der Waals surface area contributed by atoms with E-state index in [4.69, 9.17) is 5.73 Å². The highest BCUT2D eigenvalue weighted by Gasteiger charge is 2.21. The third-order valence-corrected chi connectivity index (χ3v) is 4.78. The van der Waals surface area contributed by atoms with Crippen LogP contribution in [0.1, 0.15) is 32.1 Å². The summed E-state index contributed by atoms with van der Waals surface area (Å²) in [5.74, 6) is 1.49. The monoisotopic (exact) mass is 335 g/mol. The van der Waals surface area contributed by atoms with E-state index in [2.05, 4.69) is 20.3 Å². The minimum absolute atomic E-state index is 0.0702. The number of aromatic amines is 1. The van der Waals surface area contributed by atoms with Crippen LogP contribution in [0.25, 0.3) is 22.4 Å². The number of nitrogens with zero attached hydrogens (tertiary/aromatic N) is 2. The number of carbonyl (C=O) groups is 1. The van der Waals surface area contributed by atoms with Gasteiger partial charge in [-0.25, -0.2) is 9.97 Å². The second-order valence-electron chi connectivity index (χ2n) is 6.62. The van der Waals surface area contributed by atoms with Crippen molar-refractivity contribution in [1.82, 2.24) is 15.0 Å². The van der Waals surface area contributed by atoms with E-state index in [0.29, 0.717) is 11.5 Å². The summed E-state index contributed by atoms with van der Waals surface area (Å²) in [5, 5.41) is 2.94. The van der Waals surface area contributed by atoms with E-state index in [0.717, 1.165) is 48.1 Å². The van der Waals surface area contributed by atoms with Crippen LogP contribution in [-0.4, -0.2) is 20.9 Å². The number of nitrogen functional groups attached to an aromatic ring is 1. The topological polar surface area (TPSA) is 96.7 Å². The van der Waals surface area contributed by atoms with Crippen LogP contribution in [0.4, 0.5) is 11.5 Å². The number of pyridine rings is 1. The predicted molar refractivity (Wildman–Crippen MR) is 98.9 cm³/mol. The number of nitrogens with two attached hydrogens (primary N) is 1. The summed E-state index contributed by atoms with van der Waals surface area (Å²) in [7, 11) is 0. The summed E-state index contributed by atoms with van der Waals surface area (Å²) < 4.78 is 0. The molecule has 2 aromatic heterocycles. The van der Waals surface area contributed by atoms with Crippen molar-refractivity contribution in [3.05, 3.63) is 36.5 Å². The molecule has 1 aliphatic carbocycles. The molecule has 128 valence electrons. The van der Waals surface area contributed by atoms with Gasteiger partial charge in [0, 0.05) is 23.2 Å². The number of aromatic nitrogens is 3. The average Bonchev–Trinajstić information content (AvgIpc) is 3.06. The zero-order valence-electron chi connectivity index (χ0n) is 14.0. The standard InChI is InChI=1S/C19H21N5O/c20-14-8-6-12(7-9-14)18-22-15-10-17(21-11-16(15)23-18)24-19(25)13-4-2-1-3-5-13/h6-11,13H,1-5,20H2,(H,22,23)(H,21,24,25). The van der Waals surface area contributed by atoms with E-state index < -0.39 is 0 Å². The minimum Gasteiger partial charge on any atom is -0.399 e. The molecule has 0 atom stereocenters. The maximum atomic E-state index is 12.4. The molecule has 1 saturated carbocycles. The van der Waals surface area contributed by atoms with Crippen LogP contribution in [0.2, 0.25) is 0 Å². The number of amides is 1. The fraction of sp³-hybridized carbons (Fsp3) is 0.316. The lowest BCUT2D eigenvalue weighted by atomic mass is 9.89. The summed E-state index contributed by atoms with van der Waals surface area (Å²) in [6.45, 7) is 0. The van der Waals surface area contributed by atoms with Crippen LogP contribution in [0, 0.1) is 5.92 Å². The number of fused-ring (bicyclic) bond motifs is 1. The van der Waals surface area contributed by atoms with E-state index >= 15 is 0 Å². The number of hydrogen-bond acceptors (Lipinski definition) is 4. The molecule has 25 heavy (non-hydrogen) atoms. The Morgan fingerprint density at radius 2 is 1.92 bits per heavy atom. The van der Waals surface area contributed by atoms with Gasteiger partial charge in [-0.15, -0.1) is 0 Å². The van der Waals surface area contributed by atoms with Gasteiger partial charge in [0.05, 0.1) is 17.2 Å². The van der Waals surface area contributed by atoms with Gasteiger partial charge in [-0.05, 0) is 37.1 Å². The SMILES string of the molecule is Nc1ccc(-c2nc3cc(NC(=O)C4CCCCC4)ncc3[nH]2)cc1. The number of H-pyrrole nitrogens is 1. The van der Waals surface area contributed by atoms with Crippen molar-refractivity contribution in [2.24, 2.45) is 5.92 Å². The van der Waals surface area contributed by atoms with Crippen LogP contribution in [-0.2, 0) is 4.79 Å². The molecule has 0 unspecified atom stereocenters. The fourth-order valence-electron chi connectivity index (χ4n) is 3.35. The molecular formula is C19H21N5O. The molecule has 0 saturated heterocycles. The number of nitrogens with one attached hydrogen (secondary N) is 2. The lowest BCUT2D eigenvalue weighted by Gasteiger charge is -2.20. The Morgan fingerprint density at radius 1 is 1.16 bits per heavy atom. The Kier molecular flexibility index (Phi) is 4.09. The summed E-state index contributed by atoms with van der Waals surface area (Å²) in [6, 6.07) is 9.35. The van der Waals surface area contributed by atoms with Crippen molar-refractivity contribution >= 4 is 28.4 Å². The molecule has 3 aromatic rings. The molecule has 0 aliphatic heterocycles. The van der Waals surface area contributed by atoms with Gasteiger partial charge in [0.2, 0.25) is 5.91 Å². The van der Waals surface area contributed by atoms with Gasteiger partial charge in [0.1, 0.15) is 11.6 Å². The van der Waals surface area contributed by atoms with Crippen LogP contribution in [0.5, 0.6) is 0 Å². The molecule has 1 aliphatic rings. The smallest absolute Gasteiger partial charge is 0.228 e. The molecule has 0 spiro atoms. The Morgan fingerprint density at radius 3 is 2.68 bits per heavy atom. The van der Waals surface area contributed by atoms with Crippen molar-refractivity contribution in [1.29, 1.82) is 0 Å². The average molecular weight is 335 g/mol. The zero-order chi connectivity index (χ0) is 17.2. The fourth-order valence-corrected chi connectivity index (χ4v) is 3.35. The van der Waals surface area contributed by atoms with E-state index in [1.807, 2.05) is 30.3 Å². The molecule has 4 N–H and O–H groups in total.